The molecule has 4 heteroatoms. The van der Waals surface area contributed by atoms with Crippen molar-refractivity contribution in [3.8, 4) is 12.1 Å². The fourth-order valence-corrected chi connectivity index (χ4v) is 2.28. The summed E-state index contributed by atoms with van der Waals surface area (Å²) in [4.78, 5) is 24.5. The molecule has 2 aromatic rings. The summed E-state index contributed by atoms with van der Waals surface area (Å²) in [5.74, 6) is -0.965. The molecule has 0 fully saturated rings. The van der Waals surface area contributed by atoms with E-state index in [-0.39, 0.29) is 24.4 Å². The van der Waals surface area contributed by atoms with E-state index >= 15 is 0 Å². The van der Waals surface area contributed by atoms with Gasteiger partial charge in [0.25, 0.3) is 0 Å². The molecule has 118 valence electrons. The van der Waals surface area contributed by atoms with Gasteiger partial charge < -0.3 is 0 Å². The van der Waals surface area contributed by atoms with Crippen LogP contribution in [0.3, 0.4) is 0 Å². The molecule has 0 bridgehead atoms. The van der Waals surface area contributed by atoms with Crippen LogP contribution in [0.15, 0.2) is 48.5 Å². The number of ketones is 2. The molecular weight excluding hydrogens is 300 g/mol. The molecule has 0 amide bonds. The lowest BCUT2D eigenvalue weighted by atomic mass is 9.92. The van der Waals surface area contributed by atoms with E-state index in [2.05, 4.69) is 0 Å². The van der Waals surface area contributed by atoms with Crippen LogP contribution in [0, 0.1) is 28.6 Å². The average Bonchev–Trinajstić information content (AvgIpc) is 2.62. The zero-order valence-electron chi connectivity index (χ0n) is 13.3. The minimum Gasteiger partial charge on any atom is -0.299 e. The highest BCUT2D eigenvalue weighted by Gasteiger charge is 2.21. The molecule has 24 heavy (non-hydrogen) atoms. The Kier molecular flexibility index (Phi) is 5.60. The van der Waals surface area contributed by atoms with Crippen LogP contribution >= 0.6 is 0 Å². The Balaban J connectivity index is 1.97. The molecule has 0 saturated heterocycles. The molecule has 0 aromatic heterocycles. The van der Waals surface area contributed by atoms with Crippen LogP contribution < -0.4 is 0 Å². The lowest BCUT2D eigenvalue weighted by molar-refractivity contribution is -0.131. The van der Waals surface area contributed by atoms with Crippen molar-refractivity contribution in [2.75, 3.05) is 0 Å². The molecular formula is C20H16N2O2. The average molecular weight is 316 g/mol. The summed E-state index contributed by atoms with van der Waals surface area (Å²) >= 11 is 0. The summed E-state index contributed by atoms with van der Waals surface area (Å²) in [6, 6.07) is 17.6. The molecule has 0 aliphatic carbocycles. The van der Waals surface area contributed by atoms with Crippen LogP contribution in [0.5, 0.6) is 0 Å². The van der Waals surface area contributed by atoms with E-state index in [0.717, 1.165) is 11.1 Å². The molecule has 0 aliphatic rings. The van der Waals surface area contributed by atoms with E-state index in [9.17, 15) is 9.59 Å². The van der Waals surface area contributed by atoms with Gasteiger partial charge in [-0.05, 0) is 42.3 Å². The first-order valence-electron chi connectivity index (χ1n) is 7.57. The number of nitriles is 2. The van der Waals surface area contributed by atoms with E-state index in [1.165, 1.54) is 0 Å². The minimum absolute atomic E-state index is 0.140. The summed E-state index contributed by atoms with van der Waals surface area (Å²) in [6.07, 6.45) is 0.345. The van der Waals surface area contributed by atoms with E-state index < -0.39 is 5.92 Å². The van der Waals surface area contributed by atoms with E-state index in [1.807, 2.05) is 12.1 Å². The highest BCUT2D eigenvalue weighted by molar-refractivity contribution is 6.03. The van der Waals surface area contributed by atoms with E-state index in [4.69, 9.17) is 10.5 Å². The number of hydrogen-bond donors (Lipinski definition) is 0. The van der Waals surface area contributed by atoms with Crippen molar-refractivity contribution < 1.29 is 9.59 Å². The summed E-state index contributed by atoms with van der Waals surface area (Å²) in [5.41, 5.74) is 2.65. The normalized spacial score (nSPS) is 10.0. The summed E-state index contributed by atoms with van der Waals surface area (Å²) in [6.45, 7) is 1.62. The molecule has 0 radical (unpaired) electrons. The monoisotopic (exact) mass is 316 g/mol. The SMILES string of the molecule is CC(C(=O)Cc1ccc(C#N)cc1)C(=O)Cc1ccc(C#N)cc1. The number of hydrogen-bond acceptors (Lipinski definition) is 4. The summed E-state index contributed by atoms with van der Waals surface area (Å²) in [5, 5.41) is 17.5. The Morgan fingerprint density at radius 3 is 1.42 bits per heavy atom. The van der Waals surface area contributed by atoms with Gasteiger partial charge >= 0.3 is 0 Å². The standard InChI is InChI=1S/C20H16N2O2/c1-14(19(23)10-15-2-6-17(12-21)7-3-15)20(24)11-16-4-8-18(13-22)9-5-16/h2-9,14H,10-11H2,1H3. The Hall–Kier alpha value is -3.24. The lowest BCUT2D eigenvalue weighted by Crippen LogP contribution is -2.24. The zero-order valence-corrected chi connectivity index (χ0v) is 13.3. The Morgan fingerprint density at radius 1 is 0.792 bits per heavy atom. The van der Waals surface area contributed by atoms with Gasteiger partial charge in [0.05, 0.1) is 29.2 Å². The second-order valence-electron chi connectivity index (χ2n) is 5.63. The predicted octanol–water partition coefficient (Wildman–Crippen LogP) is 2.99. The number of carbonyl (C=O) groups excluding carboxylic acids is 2. The first-order valence-corrected chi connectivity index (χ1v) is 7.57. The van der Waals surface area contributed by atoms with Crippen molar-refractivity contribution in [1.29, 1.82) is 10.5 Å². The highest BCUT2D eigenvalue weighted by atomic mass is 16.1. The first kappa shape index (κ1) is 17.1. The molecule has 4 nitrogen and oxygen atoms in total. The van der Waals surface area contributed by atoms with Crippen LogP contribution in [0.1, 0.15) is 29.2 Å². The lowest BCUT2D eigenvalue weighted by Gasteiger charge is -2.10. The molecule has 0 unspecified atom stereocenters. The Morgan fingerprint density at radius 2 is 1.12 bits per heavy atom. The maximum Gasteiger partial charge on any atom is 0.147 e. The fourth-order valence-electron chi connectivity index (χ4n) is 2.28. The van der Waals surface area contributed by atoms with Crippen LogP contribution in [-0.4, -0.2) is 11.6 Å². The molecule has 2 rings (SSSR count). The van der Waals surface area contributed by atoms with Gasteiger partial charge in [0.1, 0.15) is 11.6 Å². The van der Waals surface area contributed by atoms with Crippen molar-refractivity contribution in [2.45, 2.75) is 19.8 Å². The number of benzene rings is 2. The summed E-state index contributed by atoms with van der Waals surface area (Å²) in [7, 11) is 0. The van der Waals surface area contributed by atoms with Gasteiger partial charge in [0.2, 0.25) is 0 Å². The van der Waals surface area contributed by atoms with Gasteiger partial charge in [0, 0.05) is 12.8 Å². The third kappa shape index (κ3) is 4.38. The molecule has 0 saturated carbocycles. The van der Waals surface area contributed by atoms with Crippen LogP contribution in [0.2, 0.25) is 0 Å². The van der Waals surface area contributed by atoms with Crippen LogP contribution in [0.25, 0.3) is 0 Å². The largest absolute Gasteiger partial charge is 0.299 e. The van der Waals surface area contributed by atoms with Gasteiger partial charge in [-0.1, -0.05) is 24.3 Å². The molecule has 0 heterocycles. The molecule has 0 aliphatic heterocycles. The second-order valence-corrected chi connectivity index (χ2v) is 5.63. The molecule has 2 aromatic carbocycles. The van der Waals surface area contributed by atoms with Crippen molar-refractivity contribution >= 4 is 11.6 Å². The molecule has 0 atom stereocenters. The van der Waals surface area contributed by atoms with Crippen LogP contribution in [0.4, 0.5) is 0 Å². The van der Waals surface area contributed by atoms with Gasteiger partial charge in [0.15, 0.2) is 0 Å². The number of Topliss-reactive ketones (excluding diaryl/α,β-unsaturated/α-hetero) is 2. The first-order chi connectivity index (χ1) is 11.5. The fraction of sp³-hybridized carbons (Fsp3) is 0.200. The highest BCUT2D eigenvalue weighted by Crippen LogP contribution is 2.12. The van der Waals surface area contributed by atoms with Crippen molar-refractivity contribution in [2.24, 2.45) is 5.92 Å². The third-order valence-electron chi connectivity index (χ3n) is 3.89. The van der Waals surface area contributed by atoms with Gasteiger partial charge in [-0.15, -0.1) is 0 Å². The van der Waals surface area contributed by atoms with Gasteiger partial charge in [-0.3, -0.25) is 9.59 Å². The number of carbonyl (C=O) groups is 2. The zero-order chi connectivity index (χ0) is 17.5. The topological polar surface area (TPSA) is 81.7 Å². The minimum atomic E-state index is -0.684. The maximum atomic E-state index is 12.3. The third-order valence-corrected chi connectivity index (χ3v) is 3.89. The maximum absolute atomic E-state index is 12.3. The van der Waals surface area contributed by atoms with Crippen LogP contribution in [-0.2, 0) is 22.4 Å². The van der Waals surface area contributed by atoms with Gasteiger partial charge in [-0.25, -0.2) is 0 Å². The molecule has 0 N–H and O–H groups in total. The second kappa shape index (κ2) is 7.85. The van der Waals surface area contributed by atoms with E-state index in [0.29, 0.717) is 11.1 Å². The Labute approximate surface area is 141 Å². The number of nitrogens with zero attached hydrogens (tertiary/aromatic N) is 2. The smallest absolute Gasteiger partial charge is 0.147 e. The molecule has 0 spiro atoms. The van der Waals surface area contributed by atoms with Gasteiger partial charge in [-0.2, -0.15) is 10.5 Å². The quantitative estimate of drug-likeness (QED) is 0.767. The van der Waals surface area contributed by atoms with Crippen molar-refractivity contribution in [1.82, 2.24) is 0 Å². The Bertz CT molecular complexity index is 750. The van der Waals surface area contributed by atoms with Crippen molar-refractivity contribution in [3.63, 3.8) is 0 Å². The number of rotatable bonds is 6. The summed E-state index contributed by atoms with van der Waals surface area (Å²) < 4.78 is 0. The van der Waals surface area contributed by atoms with Crippen molar-refractivity contribution in [3.05, 3.63) is 70.8 Å². The van der Waals surface area contributed by atoms with E-state index in [1.54, 1.807) is 55.5 Å². The predicted molar refractivity (Wildman–Crippen MR) is 88.9 cm³/mol.